The van der Waals surface area contributed by atoms with Crippen LogP contribution in [0.4, 0.5) is 17.1 Å². The minimum atomic E-state index is -0.132. The van der Waals surface area contributed by atoms with Crippen molar-refractivity contribution in [3.63, 3.8) is 0 Å². The molecular weight excluding hydrogens is 496 g/mol. The Labute approximate surface area is 240 Å². The molecule has 0 amide bonds. The number of hydrogen-bond donors (Lipinski definition) is 0. The minimum absolute atomic E-state index is 0.132. The lowest BCUT2D eigenvalue weighted by Gasteiger charge is -2.35. The zero-order valence-corrected chi connectivity index (χ0v) is 23.3. The molecule has 0 unspecified atom stereocenters. The first-order valence-electron chi connectivity index (χ1n) is 14.3. The number of nitrogens with zero attached hydrogens (tertiary/aromatic N) is 2. The van der Waals surface area contributed by atoms with Gasteiger partial charge in [0.2, 0.25) is 0 Å². The van der Waals surface area contributed by atoms with Gasteiger partial charge in [0.25, 0.3) is 0 Å². The van der Waals surface area contributed by atoms with E-state index in [1.807, 2.05) is 0 Å². The van der Waals surface area contributed by atoms with Crippen LogP contribution in [0, 0.1) is 0 Å². The highest BCUT2D eigenvalue weighted by atomic mass is 15.1. The molecule has 196 valence electrons. The van der Waals surface area contributed by atoms with Crippen molar-refractivity contribution in [1.82, 2.24) is 4.57 Å². The molecule has 0 saturated heterocycles. The van der Waals surface area contributed by atoms with Gasteiger partial charge in [0.15, 0.2) is 0 Å². The molecule has 0 saturated carbocycles. The zero-order valence-electron chi connectivity index (χ0n) is 23.3. The van der Waals surface area contributed by atoms with Crippen molar-refractivity contribution in [3.8, 4) is 16.8 Å². The monoisotopic (exact) mass is 526 g/mol. The molecule has 2 heterocycles. The molecular formula is C39H30N2. The lowest BCUT2D eigenvalue weighted by atomic mass is 9.74. The van der Waals surface area contributed by atoms with E-state index in [-0.39, 0.29) is 5.41 Å². The van der Waals surface area contributed by atoms with Gasteiger partial charge in [-0.1, -0.05) is 98.8 Å². The Morgan fingerprint density at radius 3 is 1.78 bits per heavy atom. The molecule has 0 spiro atoms. The van der Waals surface area contributed by atoms with E-state index in [9.17, 15) is 0 Å². The van der Waals surface area contributed by atoms with Gasteiger partial charge in [-0.15, -0.1) is 0 Å². The van der Waals surface area contributed by atoms with Crippen LogP contribution in [0.25, 0.3) is 38.6 Å². The Hall–Kier alpha value is -5.08. The molecule has 1 aromatic heterocycles. The molecule has 7 aromatic rings. The van der Waals surface area contributed by atoms with Crippen molar-refractivity contribution >= 4 is 38.9 Å². The molecule has 8 rings (SSSR count). The fourth-order valence-electron chi connectivity index (χ4n) is 6.74. The Morgan fingerprint density at radius 2 is 1.10 bits per heavy atom. The summed E-state index contributed by atoms with van der Waals surface area (Å²) in [7, 11) is 0. The smallest absolute Gasteiger partial charge is 0.0582 e. The number of hydrogen-bond acceptors (Lipinski definition) is 1. The first kappa shape index (κ1) is 23.8. The minimum Gasteiger partial charge on any atom is -0.310 e. The SMILES string of the molecule is CC1(C)c2ccccc2-n2c3ccc(N(c4ccccc4)c4ccccc4)cc3c3cc(-c4ccccc4)cc1c32. The normalized spacial score (nSPS) is 13.3. The van der Waals surface area contributed by atoms with Crippen LogP contribution in [0.15, 0.2) is 146 Å². The molecule has 0 N–H and O–H groups in total. The van der Waals surface area contributed by atoms with E-state index in [0.29, 0.717) is 0 Å². The fourth-order valence-corrected chi connectivity index (χ4v) is 6.74. The number of para-hydroxylation sites is 3. The Bertz CT molecular complexity index is 2010. The second-order valence-electron chi connectivity index (χ2n) is 11.5. The molecule has 0 fully saturated rings. The van der Waals surface area contributed by atoms with Crippen LogP contribution in [0.1, 0.15) is 25.0 Å². The molecule has 1 aliphatic heterocycles. The molecule has 1 aliphatic rings. The highest BCUT2D eigenvalue weighted by Gasteiger charge is 2.35. The van der Waals surface area contributed by atoms with Crippen molar-refractivity contribution in [2.45, 2.75) is 19.3 Å². The van der Waals surface area contributed by atoms with Gasteiger partial charge in [-0.2, -0.15) is 0 Å². The molecule has 0 radical (unpaired) electrons. The van der Waals surface area contributed by atoms with Gasteiger partial charge < -0.3 is 9.47 Å². The second-order valence-corrected chi connectivity index (χ2v) is 11.5. The first-order chi connectivity index (χ1) is 20.1. The highest BCUT2D eigenvalue weighted by Crippen LogP contribution is 2.49. The molecule has 41 heavy (non-hydrogen) atoms. The van der Waals surface area contributed by atoms with E-state index in [2.05, 4.69) is 169 Å². The predicted octanol–water partition coefficient (Wildman–Crippen LogP) is 10.6. The summed E-state index contributed by atoms with van der Waals surface area (Å²) in [6.45, 7) is 4.74. The number of anilines is 3. The van der Waals surface area contributed by atoms with Crippen LogP contribution in [-0.2, 0) is 5.41 Å². The number of rotatable bonds is 4. The molecule has 2 nitrogen and oxygen atoms in total. The van der Waals surface area contributed by atoms with Crippen molar-refractivity contribution < 1.29 is 0 Å². The number of aromatic nitrogens is 1. The fraction of sp³-hybridized carbons (Fsp3) is 0.0769. The number of fused-ring (bicyclic) bond motifs is 5. The molecule has 2 heteroatoms. The van der Waals surface area contributed by atoms with Crippen LogP contribution < -0.4 is 4.90 Å². The number of benzene rings is 6. The molecule has 6 aromatic carbocycles. The van der Waals surface area contributed by atoms with Gasteiger partial charge in [0.05, 0.1) is 16.7 Å². The third kappa shape index (κ3) is 3.57. The van der Waals surface area contributed by atoms with E-state index in [4.69, 9.17) is 0 Å². The zero-order chi connectivity index (χ0) is 27.6. The maximum atomic E-state index is 2.49. The topological polar surface area (TPSA) is 8.17 Å². The lowest BCUT2D eigenvalue weighted by molar-refractivity contribution is 0.630. The first-order valence-corrected chi connectivity index (χ1v) is 14.3. The molecule has 0 aliphatic carbocycles. The third-order valence-corrected chi connectivity index (χ3v) is 8.73. The van der Waals surface area contributed by atoms with Crippen molar-refractivity contribution in [2.24, 2.45) is 0 Å². The third-order valence-electron chi connectivity index (χ3n) is 8.73. The molecule has 0 atom stereocenters. The summed E-state index contributed by atoms with van der Waals surface area (Å²) in [5.41, 5.74) is 12.3. The van der Waals surface area contributed by atoms with Crippen molar-refractivity contribution in [2.75, 3.05) is 4.90 Å². The van der Waals surface area contributed by atoms with Crippen LogP contribution in [0.3, 0.4) is 0 Å². The summed E-state index contributed by atoms with van der Waals surface area (Å²) in [5.74, 6) is 0. The molecule has 0 bridgehead atoms. The summed E-state index contributed by atoms with van der Waals surface area (Å²) < 4.78 is 2.49. The summed E-state index contributed by atoms with van der Waals surface area (Å²) in [5, 5.41) is 2.56. The van der Waals surface area contributed by atoms with Crippen LogP contribution in [0.5, 0.6) is 0 Å². The van der Waals surface area contributed by atoms with Gasteiger partial charge in [0.1, 0.15) is 0 Å². The van der Waals surface area contributed by atoms with Crippen LogP contribution in [0.2, 0.25) is 0 Å². The Kier molecular flexibility index (Phi) is 5.20. The van der Waals surface area contributed by atoms with Crippen LogP contribution in [-0.4, -0.2) is 4.57 Å². The summed E-state index contributed by atoms with van der Waals surface area (Å²) >= 11 is 0. The van der Waals surface area contributed by atoms with Gasteiger partial charge in [-0.05, 0) is 82.9 Å². The van der Waals surface area contributed by atoms with Gasteiger partial charge in [-0.25, -0.2) is 0 Å². The quantitative estimate of drug-likeness (QED) is 0.221. The van der Waals surface area contributed by atoms with Crippen molar-refractivity contribution in [3.05, 3.63) is 157 Å². The average molecular weight is 527 g/mol. The van der Waals surface area contributed by atoms with E-state index >= 15 is 0 Å². The second kappa shape index (κ2) is 8.97. The van der Waals surface area contributed by atoms with Crippen molar-refractivity contribution in [1.29, 1.82) is 0 Å². The van der Waals surface area contributed by atoms with E-state index < -0.39 is 0 Å². The predicted molar refractivity (Wildman–Crippen MR) is 173 cm³/mol. The Morgan fingerprint density at radius 1 is 0.488 bits per heavy atom. The van der Waals surface area contributed by atoms with Gasteiger partial charge in [0, 0.05) is 33.2 Å². The van der Waals surface area contributed by atoms with Gasteiger partial charge >= 0.3 is 0 Å². The standard InChI is InChI=1S/C39H30N2/c1-39(2)34-20-12-13-21-37(34)41-36-23-22-31(40(29-16-8-4-9-17-29)30-18-10-5-11-19-30)26-32(36)33-24-28(25-35(39)38(33)41)27-14-6-3-7-15-27/h3-26H,1-2H3. The van der Waals surface area contributed by atoms with E-state index in [0.717, 1.165) is 17.1 Å². The highest BCUT2D eigenvalue weighted by molar-refractivity contribution is 6.14. The summed E-state index contributed by atoms with van der Waals surface area (Å²) in [4.78, 5) is 2.35. The van der Waals surface area contributed by atoms with Gasteiger partial charge in [-0.3, -0.25) is 0 Å². The van der Waals surface area contributed by atoms with E-state index in [1.165, 1.54) is 49.7 Å². The largest absolute Gasteiger partial charge is 0.310 e. The summed E-state index contributed by atoms with van der Waals surface area (Å²) in [6, 6.07) is 52.8. The maximum absolute atomic E-state index is 2.49. The summed E-state index contributed by atoms with van der Waals surface area (Å²) in [6.07, 6.45) is 0. The van der Waals surface area contributed by atoms with E-state index in [1.54, 1.807) is 0 Å². The Balaban J connectivity index is 1.47. The maximum Gasteiger partial charge on any atom is 0.0582 e. The van der Waals surface area contributed by atoms with Crippen LogP contribution >= 0.6 is 0 Å². The lowest BCUT2D eigenvalue weighted by Crippen LogP contribution is -2.26. The average Bonchev–Trinajstić information content (AvgIpc) is 3.35.